The van der Waals surface area contributed by atoms with Crippen molar-refractivity contribution in [3.63, 3.8) is 0 Å². The number of ether oxygens (including phenoxy) is 1. The summed E-state index contributed by atoms with van der Waals surface area (Å²) in [6.07, 6.45) is 2.88. The molecule has 1 aliphatic rings. The summed E-state index contributed by atoms with van der Waals surface area (Å²) in [7, 11) is 1.77. The molecule has 1 atom stereocenters. The van der Waals surface area contributed by atoms with Crippen LogP contribution in [0.5, 0.6) is 0 Å². The van der Waals surface area contributed by atoms with Crippen LogP contribution in [0.15, 0.2) is 72.9 Å². The Kier molecular flexibility index (Phi) is 8.00. The highest BCUT2D eigenvalue weighted by molar-refractivity contribution is 5.87. The minimum absolute atomic E-state index is 0.550. The summed E-state index contributed by atoms with van der Waals surface area (Å²) >= 11 is 0. The minimum atomic E-state index is -0.604. The zero-order valence-electron chi connectivity index (χ0n) is 17.3. The molecule has 1 aliphatic heterocycles. The molecule has 1 fully saturated rings. The lowest BCUT2D eigenvalue weighted by molar-refractivity contribution is 0.160. The van der Waals surface area contributed by atoms with Gasteiger partial charge in [0.05, 0.1) is 18.5 Å². The van der Waals surface area contributed by atoms with Gasteiger partial charge in [-0.3, -0.25) is 5.32 Å². The van der Waals surface area contributed by atoms with Gasteiger partial charge in [0.25, 0.3) is 0 Å². The number of nitrogens with two attached hydrogens (primary N) is 1. The SMILES string of the molecule is COCCN1CC[C@H](c2ccccc2)C1.NC(=O)Nc1ccnn1-c1ccccc1. The number of primary amides is 1. The van der Waals surface area contributed by atoms with E-state index < -0.39 is 6.03 Å². The molecule has 4 rings (SSSR count). The lowest BCUT2D eigenvalue weighted by Crippen LogP contribution is -2.24. The highest BCUT2D eigenvalue weighted by atomic mass is 16.5. The molecule has 30 heavy (non-hydrogen) atoms. The Bertz CT molecular complexity index is 898. The van der Waals surface area contributed by atoms with E-state index in [9.17, 15) is 4.79 Å². The first-order valence-corrected chi connectivity index (χ1v) is 10.1. The fourth-order valence-electron chi connectivity index (χ4n) is 3.55. The number of rotatable bonds is 6. The van der Waals surface area contributed by atoms with Gasteiger partial charge in [-0.1, -0.05) is 48.5 Å². The predicted octanol–water partition coefficient (Wildman–Crippen LogP) is 3.49. The molecule has 3 aromatic rings. The van der Waals surface area contributed by atoms with Crippen molar-refractivity contribution in [3.05, 3.63) is 78.5 Å². The summed E-state index contributed by atoms with van der Waals surface area (Å²) in [4.78, 5) is 13.2. The highest BCUT2D eigenvalue weighted by Crippen LogP contribution is 2.26. The van der Waals surface area contributed by atoms with Crippen molar-refractivity contribution in [3.8, 4) is 5.69 Å². The van der Waals surface area contributed by atoms with Gasteiger partial charge in [0, 0.05) is 26.3 Å². The fourth-order valence-corrected chi connectivity index (χ4v) is 3.55. The fraction of sp³-hybridized carbons (Fsp3) is 0.304. The summed E-state index contributed by atoms with van der Waals surface area (Å²) in [6.45, 7) is 4.32. The Morgan fingerprint density at radius 3 is 2.50 bits per heavy atom. The van der Waals surface area contributed by atoms with Gasteiger partial charge >= 0.3 is 6.03 Å². The number of hydrogen-bond donors (Lipinski definition) is 2. The number of carbonyl (C=O) groups is 1. The van der Waals surface area contributed by atoms with Crippen LogP contribution in [0.2, 0.25) is 0 Å². The zero-order chi connectivity index (χ0) is 21.2. The second-order valence-corrected chi connectivity index (χ2v) is 7.14. The highest BCUT2D eigenvalue weighted by Gasteiger charge is 2.22. The van der Waals surface area contributed by atoms with Crippen LogP contribution in [0, 0.1) is 0 Å². The van der Waals surface area contributed by atoms with Gasteiger partial charge in [0.1, 0.15) is 5.82 Å². The van der Waals surface area contributed by atoms with E-state index in [4.69, 9.17) is 10.5 Å². The van der Waals surface area contributed by atoms with E-state index in [0.29, 0.717) is 5.82 Å². The van der Waals surface area contributed by atoms with Gasteiger partial charge in [-0.15, -0.1) is 0 Å². The summed E-state index contributed by atoms with van der Waals surface area (Å²) in [5.74, 6) is 1.27. The van der Waals surface area contributed by atoms with E-state index in [2.05, 4.69) is 45.6 Å². The van der Waals surface area contributed by atoms with Crippen molar-refractivity contribution >= 4 is 11.8 Å². The van der Waals surface area contributed by atoms with Gasteiger partial charge in [-0.05, 0) is 36.6 Å². The van der Waals surface area contributed by atoms with E-state index in [1.54, 1.807) is 24.1 Å². The van der Waals surface area contributed by atoms with Crippen molar-refractivity contribution in [1.29, 1.82) is 0 Å². The molecule has 3 N–H and O–H groups in total. The van der Waals surface area contributed by atoms with E-state index in [0.717, 1.165) is 24.8 Å². The number of carbonyl (C=O) groups excluding carboxylic acids is 1. The Balaban J connectivity index is 0.000000171. The largest absolute Gasteiger partial charge is 0.383 e. The van der Waals surface area contributed by atoms with Crippen LogP contribution in [0.3, 0.4) is 0 Å². The third kappa shape index (κ3) is 6.17. The molecule has 7 nitrogen and oxygen atoms in total. The lowest BCUT2D eigenvalue weighted by atomic mass is 9.99. The maximum Gasteiger partial charge on any atom is 0.317 e. The molecule has 1 saturated heterocycles. The molecular weight excluding hydrogens is 378 g/mol. The van der Waals surface area contributed by atoms with Gasteiger partial charge in [0.2, 0.25) is 0 Å². The van der Waals surface area contributed by atoms with Crippen LogP contribution in [0.4, 0.5) is 10.6 Å². The Hall–Kier alpha value is -3.16. The molecule has 0 radical (unpaired) electrons. The molecule has 0 saturated carbocycles. The van der Waals surface area contributed by atoms with E-state index >= 15 is 0 Å². The summed E-state index contributed by atoms with van der Waals surface area (Å²) in [5.41, 5.74) is 7.39. The van der Waals surface area contributed by atoms with E-state index in [1.165, 1.54) is 25.1 Å². The van der Waals surface area contributed by atoms with Crippen LogP contribution < -0.4 is 11.1 Å². The maximum atomic E-state index is 10.7. The third-order valence-electron chi connectivity index (χ3n) is 5.05. The van der Waals surface area contributed by atoms with Crippen LogP contribution in [0.25, 0.3) is 5.69 Å². The van der Waals surface area contributed by atoms with Crippen LogP contribution >= 0.6 is 0 Å². The molecule has 2 heterocycles. The molecule has 158 valence electrons. The number of aromatic nitrogens is 2. The van der Waals surface area contributed by atoms with Crippen molar-refractivity contribution in [2.24, 2.45) is 5.73 Å². The number of nitrogens with one attached hydrogen (secondary N) is 1. The van der Waals surface area contributed by atoms with Crippen molar-refractivity contribution < 1.29 is 9.53 Å². The first kappa shape index (κ1) is 21.5. The number of para-hydroxylation sites is 1. The number of methoxy groups -OCH3 is 1. The van der Waals surface area contributed by atoms with Crippen LogP contribution in [-0.4, -0.2) is 54.1 Å². The second kappa shape index (κ2) is 11.1. The van der Waals surface area contributed by atoms with Crippen molar-refractivity contribution in [1.82, 2.24) is 14.7 Å². The zero-order valence-corrected chi connectivity index (χ0v) is 17.3. The number of nitrogens with zero attached hydrogens (tertiary/aromatic N) is 3. The Morgan fingerprint density at radius 1 is 1.13 bits per heavy atom. The van der Waals surface area contributed by atoms with Gasteiger partial charge in [0.15, 0.2) is 0 Å². The standard InChI is InChI=1S/C13H19NO.C10H10N4O/c1-15-10-9-14-8-7-13(11-14)12-5-3-2-4-6-12;11-10(15)13-9-6-7-12-14(9)8-4-2-1-3-5-8/h2-6,13H,7-11H2,1H3;1-7H,(H3,11,13,15)/t13-;/m0./s1. The average molecular weight is 408 g/mol. The molecule has 0 spiro atoms. The maximum absolute atomic E-state index is 10.7. The number of urea groups is 1. The third-order valence-corrected chi connectivity index (χ3v) is 5.05. The summed E-state index contributed by atoms with van der Waals surface area (Å²) in [6, 6.07) is 21.4. The molecular formula is C23H29N5O2. The molecule has 0 unspecified atom stereocenters. The predicted molar refractivity (Wildman–Crippen MR) is 119 cm³/mol. The molecule has 7 heteroatoms. The van der Waals surface area contributed by atoms with E-state index in [-0.39, 0.29) is 0 Å². The van der Waals surface area contributed by atoms with Crippen molar-refractivity contribution in [2.45, 2.75) is 12.3 Å². The molecule has 2 aromatic carbocycles. The molecule has 0 aliphatic carbocycles. The number of benzene rings is 2. The lowest BCUT2D eigenvalue weighted by Gasteiger charge is -2.15. The number of anilines is 1. The monoisotopic (exact) mass is 407 g/mol. The van der Waals surface area contributed by atoms with Crippen molar-refractivity contribution in [2.75, 3.05) is 38.7 Å². The molecule has 1 aromatic heterocycles. The number of likely N-dealkylation sites (tertiary alicyclic amines) is 1. The molecule has 0 bridgehead atoms. The quantitative estimate of drug-likeness (QED) is 0.655. The normalized spacial score (nSPS) is 16.0. The Labute approximate surface area is 177 Å². The topological polar surface area (TPSA) is 85.4 Å². The summed E-state index contributed by atoms with van der Waals surface area (Å²) < 4.78 is 6.70. The first-order chi connectivity index (χ1) is 14.7. The summed E-state index contributed by atoms with van der Waals surface area (Å²) in [5, 5.41) is 6.58. The average Bonchev–Trinajstić information content (AvgIpc) is 3.43. The minimum Gasteiger partial charge on any atom is -0.383 e. The Morgan fingerprint density at radius 2 is 1.83 bits per heavy atom. The van der Waals surface area contributed by atoms with Gasteiger partial charge in [-0.2, -0.15) is 5.10 Å². The first-order valence-electron chi connectivity index (χ1n) is 10.1. The molecule has 2 amide bonds. The number of amides is 2. The van der Waals surface area contributed by atoms with Crippen LogP contribution in [0.1, 0.15) is 17.9 Å². The van der Waals surface area contributed by atoms with E-state index in [1.807, 2.05) is 30.3 Å². The second-order valence-electron chi connectivity index (χ2n) is 7.14. The van der Waals surface area contributed by atoms with Gasteiger partial charge < -0.3 is 15.4 Å². The number of hydrogen-bond acceptors (Lipinski definition) is 4. The van der Waals surface area contributed by atoms with Crippen LogP contribution in [-0.2, 0) is 4.74 Å². The van der Waals surface area contributed by atoms with Gasteiger partial charge in [-0.25, -0.2) is 9.48 Å². The smallest absolute Gasteiger partial charge is 0.317 e.